The van der Waals surface area contributed by atoms with E-state index in [1.165, 1.54) is 0 Å². The van der Waals surface area contributed by atoms with E-state index in [2.05, 4.69) is 18.8 Å². The Balaban J connectivity index is 2.10. The molecule has 0 unspecified atom stereocenters. The van der Waals surface area contributed by atoms with Gasteiger partial charge < -0.3 is 10.0 Å². The highest BCUT2D eigenvalue weighted by Crippen LogP contribution is 2.23. The summed E-state index contributed by atoms with van der Waals surface area (Å²) < 4.78 is 0. The number of hydrogen-bond donors (Lipinski definition) is 1. The van der Waals surface area contributed by atoms with Crippen molar-refractivity contribution >= 4 is 5.91 Å². The number of pyridine rings is 1. The first-order valence-corrected chi connectivity index (χ1v) is 6.87. The van der Waals surface area contributed by atoms with Crippen LogP contribution in [0.4, 0.5) is 0 Å². The van der Waals surface area contributed by atoms with Gasteiger partial charge in [-0.15, -0.1) is 0 Å². The maximum atomic E-state index is 12.4. The number of nitrogens with zero attached hydrogens (tertiary/aromatic N) is 2. The number of likely N-dealkylation sites (tertiary alicyclic amines) is 1. The first-order chi connectivity index (χ1) is 8.89. The average molecular weight is 262 g/mol. The fourth-order valence-corrected chi connectivity index (χ4v) is 2.27. The molecule has 1 aliphatic rings. The average Bonchev–Trinajstić information content (AvgIpc) is 2.38. The van der Waals surface area contributed by atoms with Crippen molar-refractivity contribution in [2.24, 2.45) is 0 Å². The molecule has 1 amide bonds. The summed E-state index contributed by atoms with van der Waals surface area (Å²) in [6.45, 7) is 7.19. The molecule has 1 aromatic heterocycles. The van der Waals surface area contributed by atoms with E-state index in [0.29, 0.717) is 37.4 Å². The van der Waals surface area contributed by atoms with Crippen molar-refractivity contribution in [1.82, 2.24) is 9.88 Å². The number of aromatic nitrogens is 1. The van der Waals surface area contributed by atoms with Gasteiger partial charge in [-0.25, -0.2) is 0 Å². The quantitative estimate of drug-likeness (QED) is 0.889. The second kappa shape index (κ2) is 5.29. The molecule has 1 N–H and O–H groups in total. The van der Waals surface area contributed by atoms with E-state index in [1.807, 2.05) is 17.9 Å². The summed E-state index contributed by atoms with van der Waals surface area (Å²) in [6, 6.07) is 3.64. The molecule has 0 spiro atoms. The van der Waals surface area contributed by atoms with E-state index in [1.54, 1.807) is 12.3 Å². The van der Waals surface area contributed by atoms with Crippen molar-refractivity contribution < 1.29 is 9.90 Å². The maximum Gasteiger partial charge on any atom is 0.253 e. The Bertz CT molecular complexity index is 459. The molecule has 0 bridgehead atoms. The summed E-state index contributed by atoms with van der Waals surface area (Å²) in [5, 5.41) is 9.91. The van der Waals surface area contributed by atoms with Gasteiger partial charge in [0, 0.05) is 30.5 Å². The fourth-order valence-electron chi connectivity index (χ4n) is 2.27. The van der Waals surface area contributed by atoms with Crippen molar-refractivity contribution in [3.63, 3.8) is 0 Å². The Morgan fingerprint density at radius 2 is 2.05 bits per heavy atom. The van der Waals surface area contributed by atoms with Crippen LogP contribution in [0.2, 0.25) is 0 Å². The lowest BCUT2D eigenvalue weighted by Crippen LogP contribution is -2.45. The molecule has 1 saturated heterocycles. The van der Waals surface area contributed by atoms with Gasteiger partial charge in [0.2, 0.25) is 0 Å². The smallest absolute Gasteiger partial charge is 0.253 e. The summed E-state index contributed by atoms with van der Waals surface area (Å²) in [5.41, 5.74) is 1.01. The molecule has 104 valence electrons. The Morgan fingerprint density at radius 1 is 1.42 bits per heavy atom. The van der Waals surface area contributed by atoms with Gasteiger partial charge in [0.15, 0.2) is 0 Å². The van der Waals surface area contributed by atoms with E-state index in [0.717, 1.165) is 5.69 Å². The lowest BCUT2D eigenvalue weighted by molar-refractivity contribution is -0.00203. The van der Waals surface area contributed by atoms with Gasteiger partial charge in [0.1, 0.15) is 0 Å². The maximum absolute atomic E-state index is 12.4. The minimum absolute atomic E-state index is 0.0415. The molecule has 2 rings (SSSR count). The first-order valence-electron chi connectivity index (χ1n) is 6.87. The standard InChI is InChI=1S/C15H22N2O2/c1-11(2)13-10-12(4-7-16-13)14(18)17-8-5-15(3,19)6-9-17/h4,7,10-11,19H,5-6,8-9H2,1-3H3. The predicted octanol–water partition coefficient (Wildman–Crippen LogP) is 2.19. The third kappa shape index (κ3) is 3.32. The minimum Gasteiger partial charge on any atom is -0.390 e. The molecular weight excluding hydrogens is 240 g/mol. The van der Waals surface area contributed by atoms with Gasteiger partial charge in [-0.3, -0.25) is 9.78 Å². The second-order valence-electron chi connectivity index (χ2n) is 5.91. The third-order valence-corrected chi connectivity index (χ3v) is 3.75. The highest BCUT2D eigenvalue weighted by atomic mass is 16.3. The van der Waals surface area contributed by atoms with Crippen LogP contribution in [0.1, 0.15) is 55.6 Å². The van der Waals surface area contributed by atoms with Crippen molar-refractivity contribution in [3.8, 4) is 0 Å². The number of piperidine rings is 1. The lowest BCUT2D eigenvalue weighted by atomic mass is 9.93. The normalized spacial score (nSPS) is 18.7. The van der Waals surface area contributed by atoms with Crippen molar-refractivity contribution in [3.05, 3.63) is 29.6 Å². The molecule has 0 saturated carbocycles. The van der Waals surface area contributed by atoms with Gasteiger partial charge in [0.05, 0.1) is 5.60 Å². The summed E-state index contributed by atoms with van der Waals surface area (Å²) in [7, 11) is 0. The van der Waals surface area contributed by atoms with Crippen LogP contribution in [-0.4, -0.2) is 39.6 Å². The lowest BCUT2D eigenvalue weighted by Gasteiger charge is -2.35. The van der Waals surface area contributed by atoms with Crippen LogP contribution in [0.25, 0.3) is 0 Å². The molecule has 1 aromatic rings. The highest BCUT2D eigenvalue weighted by molar-refractivity contribution is 5.94. The molecule has 19 heavy (non-hydrogen) atoms. The highest BCUT2D eigenvalue weighted by Gasteiger charge is 2.30. The van der Waals surface area contributed by atoms with Crippen LogP contribution in [-0.2, 0) is 0 Å². The summed E-state index contributed by atoms with van der Waals surface area (Å²) in [5.74, 6) is 0.356. The van der Waals surface area contributed by atoms with Crippen LogP contribution >= 0.6 is 0 Å². The van der Waals surface area contributed by atoms with Crippen molar-refractivity contribution in [1.29, 1.82) is 0 Å². The topological polar surface area (TPSA) is 53.4 Å². The zero-order valence-corrected chi connectivity index (χ0v) is 11.9. The zero-order chi connectivity index (χ0) is 14.0. The second-order valence-corrected chi connectivity index (χ2v) is 5.91. The monoisotopic (exact) mass is 262 g/mol. The molecule has 4 heteroatoms. The van der Waals surface area contributed by atoms with Crippen LogP contribution in [0.5, 0.6) is 0 Å². The van der Waals surface area contributed by atoms with Gasteiger partial charge >= 0.3 is 0 Å². The van der Waals surface area contributed by atoms with Crippen LogP contribution in [0, 0.1) is 0 Å². The Morgan fingerprint density at radius 3 is 2.63 bits per heavy atom. The number of rotatable bonds is 2. The van der Waals surface area contributed by atoms with E-state index >= 15 is 0 Å². The Kier molecular flexibility index (Phi) is 3.90. The minimum atomic E-state index is -0.627. The molecule has 0 atom stereocenters. The molecule has 1 fully saturated rings. The van der Waals surface area contributed by atoms with Gasteiger partial charge in [-0.2, -0.15) is 0 Å². The first kappa shape index (κ1) is 14.0. The molecule has 1 aliphatic heterocycles. The Hall–Kier alpha value is -1.42. The molecule has 0 aliphatic carbocycles. The van der Waals surface area contributed by atoms with E-state index < -0.39 is 5.60 Å². The molecule has 0 radical (unpaired) electrons. The van der Waals surface area contributed by atoms with Crippen LogP contribution in [0.15, 0.2) is 18.3 Å². The van der Waals surface area contributed by atoms with Crippen LogP contribution in [0.3, 0.4) is 0 Å². The summed E-state index contributed by atoms with van der Waals surface area (Å²) in [6.07, 6.45) is 2.98. The van der Waals surface area contributed by atoms with Crippen molar-refractivity contribution in [2.75, 3.05) is 13.1 Å². The van der Waals surface area contributed by atoms with Gasteiger partial charge in [-0.05, 0) is 37.8 Å². The van der Waals surface area contributed by atoms with Gasteiger partial charge in [0.25, 0.3) is 5.91 Å². The summed E-state index contributed by atoms with van der Waals surface area (Å²) >= 11 is 0. The van der Waals surface area contributed by atoms with E-state index in [9.17, 15) is 9.90 Å². The van der Waals surface area contributed by atoms with Crippen LogP contribution < -0.4 is 0 Å². The fraction of sp³-hybridized carbons (Fsp3) is 0.600. The Labute approximate surface area is 114 Å². The third-order valence-electron chi connectivity index (χ3n) is 3.75. The number of carbonyl (C=O) groups excluding carboxylic acids is 1. The molecule has 2 heterocycles. The number of amides is 1. The number of hydrogen-bond acceptors (Lipinski definition) is 3. The SMILES string of the molecule is CC(C)c1cc(C(=O)N2CCC(C)(O)CC2)ccn1. The summed E-state index contributed by atoms with van der Waals surface area (Å²) in [4.78, 5) is 18.5. The largest absolute Gasteiger partial charge is 0.390 e. The molecule has 4 nitrogen and oxygen atoms in total. The zero-order valence-electron chi connectivity index (χ0n) is 11.9. The molecular formula is C15H22N2O2. The van der Waals surface area contributed by atoms with Gasteiger partial charge in [-0.1, -0.05) is 13.8 Å². The van der Waals surface area contributed by atoms with E-state index in [-0.39, 0.29) is 5.91 Å². The van der Waals surface area contributed by atoms with E-state index in [4.69, 9.17) is 0 Å². The predicted molar refractivity (Wildman–Crippen MR) is 74.1 cm³/mol. The number of carbonyl (C=O) groups is 1. The molecule has 0 aromatic carbocycles. The number of aliphatic hydroxyl groups is 1. The van der Waals surface area contributed by atoms with Crippen molar-refractivity contribution in [2.45, 2.75) is 45.1 Å².